The fraction of sp³-hybridized carbons (Fsp3) is 0.500. The summed E-state index contributed by atoms with van der Waals surface area (Å²) in [6.07, 6.45) is 4.99. The number of carbonyl (C=O) groups is 4. The minimum Gasteiger partial charge on any atom is -0.350 e. The van der Waals surface area contributed by atoms with Gasteiger partial charge in [-0.15, -0.1) is 0 Å². The molecule has 0 unspecified atom stereocenters. The van der Waals surface area contributed by atoms with Crippen LogP contribution in [0, 0.1) is 0 Å². The van der Waals surface area contributed by atoms with Gasteiger partial charge >= 0.3 is 0 Å². The van der Waals surface area contributed by atoms with Crippen LogP contribution in [-0.2, 0) is 19.2 Å². The number of imide groups is 1. The number of unbranched alkanes of at least 4 members (excludes halogenated alkanes) is 2. The Balaban J connectivity index is 2.05. The van der Waals surface area contributed by atoms with Crippen molar-refractivity contribution in [3.05, 3.63) is 12.2 Å². The van der Waals surface area contributed by atoms with Crippen molar-refractivity contribution in [2.75, 3.05) is 13.1 Å². The van der Waals surface area contributed by atoms with E-state index in [2.05, 4.69) is 5.32 Å². The lowest BCUT2D eigenvalue weighted by Gasteiger charge is -2.12. The van der Waals surface area contributed by atoms with E-state index in [0.29, 0.717) is 25.8 Å². The maximum Gasteiger partial charge on any atom is 0.253 e. The van der Waals surface area contributed by atoms with Gasteiger partial charge < -0.3 is 10.1 Å². The third kappa shape index (κ3) is 5.50. The zero-order chi connectivity index (χ0) is 14.3. The molecule has 0 aromatic rings. The van der Waals surface area contributed by atoms with Crippen LogP contribution in [0.3, 0.4) is 0 Å². The summed E-state index contributed by atoms with van der Waals surface area (Å²) in [5.41, 5.74) is -0.0769. The summed E-state index contributed by atoms with van der Waals surface area (Å²) in [5, 5.41) is 2.51. The second kappa shape index (κ2) is 7.50. The Morgan fingerprint density at radius 2 is 1.74 bits per heavy atom. The van der Waals surface area contributed by atoms with E-state index in [9.17, 15) is 19.2 Å². The summed E-state index contributed by atoms with van der Waals surface area (Å²) in [6.45, 7) is 0.459. The lowest BCUT2D eigenvalue weighted by atomic mass is 10.0. The third-order valence-electron chi connectivity index (χ3n) is 2.72. The van der Waals surface area contributed by atoms with E-state index in [1.54, 1.807) is 0 Å². The Labute approximate surface area is 112 Å². The number of hydrogen-bond donors (Lipinski definition) is 1. The quantitative estimate of drug-likeness (QED) is 0.337. The van der Waals surface area contributed by atoms with Crippen molar-refractivity contribution in [2.24, 2.45) is 0 Å². The molecule has 1 heterocycles. The first kappa shape index (κ1) is 15.1. The molecular weight excluding hydrogens is 247 g/mol. The molecule has 7 heteroatoms. The molecule has 19 heavy (non-hydrogen) atoms. The lowest BCUT2D eigenvalue weighted by Crippen LogP contribution is -2.31. The molecule has 0 spiro atoms. The van der Waals surface area contributed by atoms with Crippen molar-refractivity contribution in [2.45, 2.75) is 25.7 Å². The topological polar surface area (TPSA) is 83.6 Å². The predicted octanol–water partition coefficient (Wildman–Crippen LogP) is -1.25. The van der Waals surface area contributed by atoms with Crippen LogP contribution in [-0.4, -0.2) is 49.2 Å². The highest BCUT2D eigenvalue weighted by atomic mass is 16.2. The van der Waals surface area contributed by atoms with Crippen molar-refractivity contribution < 1.29 is 19.2 Å². The van der Waals surface area contributed by atoms with Gasteiger partial charge in [0.1, 0.15) is 5.68 Å². The molecule has 0 aromatic heterocycles. The van der Waals surface area contributed by atoms with Gasteiger partial charge in [-0.1, -0.05) is 6.42 Å². The molecule has 0 radical (unpaired) electrons. The number of nitrogens with zero attached hydrogens (tertiary/aromatic N) is 1. The molecule has 1 aliphatic rings. The molecular formula is C12H17BN2O4. The van der Waals surface area contributed by atoms with Crippen LogP contribution >= 0.6 is 0 Å². The zero-order valence-electron chi connectivity index (χ0n) is 11.0. The van der Waals surface area contributed by atoms with Crippen LogP contribution in [0.4, 0.5) is 0 Å². The fourth-order valence-corrected chi connectivity index (χ4v) is 1.70. The normalized spacial score (nSPS) is 14.0. The van der Waals surface area contributed by atoms with Gasteiger partial charge in [0.15, 0.2) is 7.85 Å². The standard InChI is InChI=1S/C12H17BN2O4/c13-9(16)8-14-10(17)4-2-1-3-7-15-11(18)5-6-12(15)19/h5-6H,1-4,7-8,13H2,(H,14,17). The largest absolute Gasteiger partial charge is 0.350 e. The Bertz CT molecular complexity index is 402. The van der Waals surface area contributed by atoms with Gasteiger partial charge in [-0.25, -0.2) is 0 Å². The van der Waals surface area contributed by atoms with E-state index in [1.165, 1.54) is 24.9 Å². The highest BCUT2D eigenvalue weighted by Crippen LogP contribution is 2.07. The van der Waals surface area contributed by atoms with E-state index >= 15 is 0 Å². The SMILES string of the molecule is BC(=O)CNC(=O)CCCCCN1C(=O)C=CC1=O. The average molecular weight is 264 g/mol. The molecule has 0 saturated carbocycles. The van der Waals surface area contributed by atoms with E-state index in [-0.39, 0.29) is 29.9 Å². The first-order valence-corrected chi connectivity index (χ1v) is 6.30. The summed E-state index contributed by atoms with van der Waals surface area (Å²) in [6, 6.07) is 0. The van der Waals surface area contributed by atoms with Crippen LogP contribution in [0.1, 0.15) is 25.7 Å². The average Bonchev–Trinajstić information content (AvgIpc) is 2.67. The summed E-state index contributed by atoms with van der Waals surface area (Å²) in [5.74, 6) is -0.696. The number of rotatable bonds is 8. The van der Waals surface area contributed by atoms with Crippen molar-refractivity contribution in [3.8, 4) is 0 Å². The highest BCUT2D eigenvalue weighted by Gasteiger charge is 2.22. The van der Waals surface area contributed by atoms with Gasteiger partial charge in [-0.05, 0) is 12.8 Å². The molecule has 6 nitrogen and oxygen atoms in total. The highest BCUT2D eigenvalue weighted by molar-refractivity contribution is 6.58. The van der Waals surface area contributed by atoms with Crippen LogP contribution in [0.15, 0.2) is 12.2 Å². The van der Waals surface area contributed by atoms with Crippen molar-refractivity contribution in [1.29, 1.82) is 0 Å². The molecule has 0 atom stereocenters. The van der Waals surface area contributed by atoms with Gasteiger partial charge in [0.05, 0.1) is 6.54 Å². The Kier molecular flexibility index (Phi) is 5.98. The van der Waals surface area contributed by atoms with Gasteiger partial charge in [0.25, 0.3) is 11.8 Å². The smallest absolute Gasteiger partial charge is 0.253 e. The van der Waals surface area contributed by atoms with Crippen molar-refractivity contribution >= 4 is 31.3 Å². The summed E-state index contributed by atoms with van der Waals surface area (Å²) < 4.78 is 0. The van der Waals surface area contributed by atoms with Gasteiger partial charge in [0, 0.05) is 25.1 Å². The zero-order valence-corrected chi connectivity index (χ0v) is 11.0. The summed E-state index contributed by atoms with van der Waals surface area (Å²) in [4.78, 5) is 45.6. The van der Waals surface area contributed by atoms with Crippen molar-refractivity contribution in [1.82, 2.24) is 10.2 Å². The van der Waals surface area contributed by atoms with Gasteiger partial charge in [-0.2, -0.15) is 0 Å². The van der Waals surface area contributed by atoms with E-state index < -0.39 is 0 Å². The molecule has 0 fully saturated rings. The second-order valence-electron chi connectivity index (χ2n) is 4.45. The van der Waals surface area contributed by atoms with Crippen LogP contribution in [0.5, 0.6) is 0 Å². The van der Waals surface area contributed by atoms with Gasteiger partial charge in [0.2, 0.25) is 5.91 Å². The number of carbonyl (C=O) groups excluding carboxylic acids is 4. The maximum absolute atomic E-state index is 11.3. The molecule has 0 saturated heterocycles. The van der Waals surface area contributed by atoms with E-state index in [4.69, 9.17) is 0 Å². The fourth-order valence-electron chi connectivity index (χ4n) is 1.70. The Morgan fingerprint density at radius 1 is 1.11 bits per heavy atom. The number of nitrogens with one attached hydrogen (secondary N) is 1. The molecule has 102 valence electrons. The molecule has 1 rings (SSSR count). The first-order valence-electron chi connectivity index (χ1n) is 6.30. The maximum atomic E-state index is 11.3. The first-order chi connectivity index (χ1) is 9.00. The van der Waals surface area contributed by atoms with Gasteiger partial charge in [-0.3, -0.25) is 19.3 Å². The van der Waals surface area contributed by atoms with Crippen LogP contribution in [0.2, 0.25) is 0 Å². The minimum atomic E-state index is -0.274. The number of amides is 3. The van der Waals surface area contributed by atoms with Crippen LogP contribution < -0.4 is 5.32 Å². The lowest BCUT2D eigenvalue weighted by molar-refractivity contribution is -0.137. The van der Waals surface area contributed by atoms with E-state index in [1.807, 2.05) is 0 Å². The molecule has 1 aliphatic heterocycles. The molecule has 0 aliphatic carbocycles. The number of hydrogen-bond acceptors (Lipinski definition) is 4. The summed E-state index contributed by atoms with van der Waals surface area (Å²) >= 11 is 0. The molecule has 0 bridgehead atoms. The molecule has 0 aromatic carbocycles. The minimum absolute atomic E-state index is 0.0707. The van der Waals surface area contributed by atoms with Crippen LogP contribution in [0.25, 0.3) is 0 Å². The Morgan fingerprint density at radius 3 is 2.32 bits per heavy atom. The summed E-state index contributed by atoms with van der Waals surface area (Å²) in [7, 11) is 1.42. The van der Waals surface area contributed by atoms with Crippen molar-refractivity contribution in [3.63, 3.8) is 0 Å². The monoisotopic (exact) mass is 264 g/mol. The second-order valence-corrected chi connectivity index (χ2v) is 4.45. The molecule has 3 amide bonds. The third-order valence-corrected chi connectivity index (χ3v) is 2.72. The molecule has 1 N–H and O–H groups in total. The predicted molar refractivity (Wildman–Crippen MR) is 70.9 cm³/mol. The Hall–Kier alpha value is -1.92. The van der Waals surface area contributed by atoms with E-state index in [0.717, 1.165) is 6.42 Å².